The number of fused-ring (bicyclic) bond motifs is 2. The number of imide groups is 1. The van der Waals surface area contributed by atoms with Crippen LogP contribution in [0.5, 0.6) is 0 Å². The minimum atomic E-state index is -1.75. The lowest BCUT2D eigenvalue weighted by Gasteiger charge is -2.21. The third-order valence-corrected chi connectivity index (χ3v) is 4.84. The van der Waals surface area contributed by atoms with Crippen LogP contribution in [0.15, 0.2) is 18.2 Å². The van der Waals surface area contributed by atoms with E-state index in [-0.39, 0.29) is 30.8 Å². The summed E-state index contributed by atoms with van der Waals surface area (Å²) < 4.78 is 5.19. The first-order valence-electron chi connectivity index (χ1n) is 8.09. The van der Waals surface area contributed by atoms with Gasteiger partial charge in [-0.25, -0.2) is 0 Å². The van der Waals surface area contributed by atoms with Crippen LogP contribution in [0.25, 0.3) is 0 Å². The molecule has 1 saturated heterocycles. The number of amides is 3. The SMILES string of the molecule is CCOCCN1C(=O)CC2(C1=O)C(=O)N(CC(=O)O)c1ccc(Cl)cc12. The molecule has 1 atom stereocenters. The lowest BCUT2D eigenvalue weighted by Crippen LogP contribution is -2.48. The number of hydrogen-bond donors (Lipinski definition) is 1. The number of halogens is 1. The molecule has 3 rings (SSSR count). The molecule has 0 aromatic heterocycles. The molecule has 1 fully saturated rings. The summed E-state index contributed by atoms with van der Waals surface area (Å²) in [5.41, 5.74) is -1.19. The van der Waals surface area contributed by atoms with Gasteiger partial charge in [0.25, 0.3) is 0 Å². The summed E-state index contributed by atoms with van der Waals surface area (Å²) >= 11 is 6.03. The van der Waals surface area contributed by atoms with E-state index in [4.69, 9.17) is 21.4 Å². The molecule has 1 spiro atoms. The molecular formula is C17H17ClN2O6. The van der Waals surface area contributed by atoms with Crippen molar-refractivity contribution in [1.82, 2.24) is 4.90 Å². The fraction of sp³-hybridized carbons (Fsp3) is 0.412. The number of carboxylic acid groups (broad SMARTS) is 1. The number of anilines is 1. The molecule has 1 aromatic carbocycles. The maximum absolute atomic E-state index is 13.1. The number of hydrogen-bond acceptors (Lipinski definition) is 5. The normalized spacial score (nSPS) is 21.8. The number of aliphatic carboxylic acids is 1. The fourth-order valence-corrected chi connectivity index (χ4v) is 3.65. The molecule has 2 aliphatic heterocycles. The second-order valence-corrected chi connectivity index (χ2v) is 6.51. The van der Waals surface area contributed by atoms with Crippen LogP contribution in [0, 0.1) is 0 Å². The van der Waals surface area contributed by atoms with Crippen molar-refractivity contribution >= 4 is 41.0 Å². The topological polar surface area (TPSA) is 104 Å². The van der Waals surface area contributed by atoms with Crippen LogP contribution in [0.3, 0.4) is 0 Å². The van der Waals surface area contributed by atoms with Gasteiger partial charge < -0.3 is 9.84 Å². The Balaban J connectivity index is 2.05. The molecule has 2 heterocycles. The molecule has 8 nitrogen and oxygen atoms in total. The minimum absolute atomic E-state index is 0.0371. The number of ether oxygens (including phenoxy) is 1. The Hall–Kier alpha value is -2.45. The van der Waals surface area contributed by atoms with Gasteiger partial charge in [-0.05, 0) is 25.1 Å². The largest absolute Gasteiger partial charge is 0.480 e. The zero-order chi connectivity index (χ0) is 19.1. The van der Waals surface area contributed by atoms with Crippen molar-refractivity contribution in [2.45, 2.75) is 18.8 Å². The van der Waals surface area contributed by atoms with Crippen LogP contribution in [-0.4, -0.2) is 60.0 Å². The van der Waals surface area contributed by atoms with E-state index in [0.717, 1.165) is 9.80 Å². The van der Waals surface area contributed by atoms with Gasteiger partial charge in [-0.1, -0.05) is 11.6 Å². The third-order valence-electron chi connectivity index (χ3n) is 4.60. The van der Waals surface area contributed by atoms with E-state index in [1.165, 1.54) is 18.2 Å². The van der Waals surface area contributed by atoms with Crippen molar-refractivity contribution in [2.75, 3.05) is 31.2 Å². The van der Waals surface area contributed by atoms with Crippen molar-refractivity contribution in [3.8, 4) is 0 Å². The highest BCUT2D eigenvalue weighted by atomic mass is 35.5. The van der Waals surface area contributed by atoms with E-state index >= 15 is 0 Å². The monoisotopic (exact) mass is 380 g/mol. The van der Waals surface area contributed by atoms with Crippen molar-refractivity contribution in [1.29, 1.82) is 0 Å². The van der Waals surface area contributed by atoms with Gasteiger partial charge in [-0.15, -0.1) is 0 Å². The Labute approximate surface area is 154 Å². The van der Waals surface area contributed by atoms with Crippen molar-refractivity contribution in [3.63, 3.8) is 0 Å². The third kappa shape index (κ3) is 2.65. The average Bonchev–Trinajstić information content (AvgIpc) is 2.96. The minimum Gasteiger partial charge on any atom is -0.480 e. The first-order chi connectivity index (χ1) is 12.3. The Bertz CT molecular complexity index is 810. The Morgan fingerprint density at radius 3 is 2.62 bits per heavy atom. The second kappa shape index (κ2) is 6.69. The number of rotatable bonds is 6. The van der Waals surface area contributed by atoms with Crippen LogP contribution in [0.2, 0.25) is 5.02 Å². The molecule has 0 bridgehead atoms. The molecule has 26 heavy (non-hydrogen) atoms. The molecular weight excluding hydrogens is 364 g/mol. The van der Waals surface area contributed by atoms with E-state index < -0.39 is 35.7 Å². The highest BCUT2D eigenvalue weighted by molar-refractivity contribution is 6.32. The standard InChI is InChI=1S/C17H17ClN2O6/c1-2-26-6-5-19-13(21)8-17(15(19)24)11-7-10(18)3-4-12(11)20(16(17)25)9-14(22)23/h3-4,7H,2,5-6,8-9H2,1H3,(H,22,23). The maximum Gasteiger partial charge on any atom is 0.323 e. The molecule has 0 radical (unpaired) electrons. The molecule has 3 amide bonds. The van der Waals surface area contributed by atoms with E-state index in [9.17, 15) is 19.2 Å². The van der Waals surface area contributed by atoms with Gasteiger partial charge >= 0.3 is 5.97 Å². The van der Waals surface area contributed by atoms with Gasteiger partial charge in [-0.3, -0.25) is 29.0 Å². The van der Waals surface area contributed by atoms with Gasteiger partial charge in [0.05, 0.1) is 19.6 Å². The smallest absolute Gasteiger partial charge is 0.323 e. The average molecular weight is 381 g/mol. The highest BCUT2D eigenvalue weighted by Gasteiger charge is 2.63. The van der Waals surface area contributed by atoms with Gasteiger partial charge in [0.2, 0.25) is 17.7 Å². The van der Waals surface area contributed by atoms with Crippen molar-refractivity contribution < 1.29 is 29.0 Å². The zero-order valence-electron chi connectivity index (χ0n) is 14.0. The summed E-state index contributed by atoms with van der Waals surface area (Å²) in [4.78, 5) is 51.7. The lowest BCUT2D eigenvalue weighted by molar-refractivity contribution is -0.143. The summed E-state index contributed by atoms with van der Waals surface area (Å²) in [6.45, 7) is 1.83. The van der Waals surface area contributed by atoms with E-state index in [2.05, 4.69) is 0 Å². The predicted molar refractivity (Wildman–Crippen MR) is 90.9 cm³/mol. The zero-order valence-corrected chi connectivity index (χ0v) is 14.8. The van der Waals surface area contributed by atoms with E-state index in [0.29, 0.717) is 11.6 Å². The molecule has 9 heteroatoms. The number of nitrogens with zero attached hydrogens (tertiary/aromatic N) is 2. The summed E-state index contributed by atoms with van der Waals surface area (Å²) in [6.07, 6.45) is -0.347. The Kier molecular flexibility index (Phi) is 4.72. The van der Waals surface area contributed by atoms with E-state index in [1.54, 1.807) is 6.92 Å². The number of likely N-dealkylation sites (tertiary alicyclic amines) is 1. The summed E-state index contributed by atoms with van der Waals surface area (Å²) in [7, 11) is 0. The van der Waals surface area contributed by atoms with Crippen molar-refractivity contribution in [2.24, 2.45) is 0 Å². The number of carboxylic acids is 1. The van der Waals surface area contributed by atoms with Crippen molar-refractivity contribution in [3.05, 3.63) is 28.8 Å². The summed E-state index contributed by atoms with van der Waals surface area (Å²) in [6, 6.07) is 4.46. The second-order valence-electron chi connectivity index (χ2n) is 6.08. The van der Waals surface area contributed by atoms with Crippen LogP contribution in [0.1, 0.15) is 18.9 Å². The first kappa shape index (κ1) is 18.3. The Morgan fingerprint density at radius 1 is 1.27 bits per heavy atom. The first-order valence-corrected chi connectivity index (χ1v) is 8.47. The van der Waals surface area contributed by atoms with Crippen LogP contribution < -0.4 is 4.90 Å². The fourth-order valence-electron chi connectivity index (χ4n) is 3.48. The van der Waals surface area contributed by atoms with Gasteiger partial charge in [-0.2, -0.15) is 0 Å². The number of carbonyl (C=O) groups excluding carboxylic acids is 3. The molecule has 0 aliphatic carbocycles. The lowest BCUT2D eigenvalue weighted by atomic mass is 9.80. The summed E-state index contributed by atoms with van der Waals surface area (Å²) in [5.74, 6) is -3.09. The Morgan fingerprint density at radius 2 is 1.96 bits per heavy atom. The van der Waals surface area contributed by atoms with Gasteiger partial charge in [0.1, 0.15) is 6.54 Å². The predicted octanol–water partition coefficient (Wildman–Crippen LogP) is 0.804. The molecule has 0 saturated carbocycles. The summed E-state index contributed by atoms with van der Waals surface area (Å²) in [5, 5.41) is 9.41. The molecule has 1 aromatic rings. The highest BCUT2D eigenvalue weighted by Crippen LogP contribution is 2.49. The number of carbonyl (C=O) groups is 4. The van der Waals surface area contributed by atoms with Gasteiger partial charge in [0, 0.05) is 22.9 Å². The molecule has 1 N–H and O–H groups in total. The van der Waals surface area contributed by atoms with E-state index in [1.807, 2.05) is 0 Å². The van der Waals surface area contributed by atoms with Crippen LogP contribution in [0.4, 0.5) is 5.69 Å². The number of benzene rings is 1. The van der Waals surface area contributed by atoms with Crippen LogP contribution in [-0.2, 0) is 29.3 Å². The van der Waals surface area contributed by atoms with Crippen LogP contribution >= 0.6 is 11.6 Å². The van der Waals surface area contributed by atoms with Gasteiger partial charge in [0.15, 0.2) is 5.41 Å². The molecule has 2 aliphatic rings. The molecule has 138 valence electrons. The quantitative estimate of drug-likeness (QED) is 0.445. The maximum atomic E-state index is 13.1. The molecule has 1 unspecified atom stereocenters.